The number of carboxylic acid groups (broad SMARTS) is 1. The fraction of sp³-hybridized carbons (Fsp3) is 0.333. The number of hydrogen-bond donors (Lipinski definition) is 3. The van der Waals surface area contributed by atoms with Crippen LogP contribution in [0.25, 0.3) is 0 Å². The third-order valence-corrected chi connectivity index (χ3v) is 3.90. The van der Waals surface area contributed by atoms with Gasteiger partial charge in [0.2, 0.25) is 5.91 Å². The maximum atomic E-state index is 12.6. The molecule has 0 aliphatic rings. The monoisotopic (exact) mass is 426 g/mol. The van der Waals surface area contributed by atoms with Crippen LogP contribution in [0.15, 0.2) is 41.9 Å². The molecular formula is C18H23BrN2O5. The van der Waals surface area contributed by atoms with E-state index in [1.54, 1.807) is 25.3 Å². The summed E-state index contributed by atoms with van der Waals surface area (Å²) >= 11 is 3.31. The minimum atomic E-state index is -1.28. The number of methoxy groups -OCH3 is 2. The first-order chi connectivity index (χ1) is 12.3. The molecule has 1 aromatic carbocycles. The fourth-order valence-corrected chi connectivity index (χ4v) is 2.71. The Bertz CT molecular complexity index is 678. The van der Waals surface area contributed by atoms with E-state index in [1.165, 1.54) is 13.2 Å². The van der Waals surface area contributed by atoms with Gasteiger partial charge >= 0.3 is 6.09 Å². The predicted octanol–water partition coefficient (Wildman–Crippen LogP) is 3.37. The van der Waals surface area contributed by atoms with Gasteiger partial charge in [0.25, 0.3) is 0 Å². The summed E-state index contributed by atoms with van der Waals surface area (Å²) in [5, 5.41) is 13.9. The van der Waals surface area contributed by atoms with Gasteiger partial charge in [-0.05, 0) is 23.0 Å². The van der Waals surface area contributed by atoms with E-state index in [0.29, 0.717) is 22.4 Å². The van der Waals surface area contributed by atoms with E-state index < -0.39 is 24.1 Å². The maximum Gasteiger partial charge on any atom is 0.405 e. The van der Waals surface area contributed by atoms with Crippen molar-refractivity contribution in [2.24, 2.45) is 0 Å². The third-order valence-electron chi connectivity index (χ3n) is 3.57. The van der Waals surface area contributed by atoms with Crippen molar-refractivity contribution in [1.82, 2.24) is 10.6 Å². The molecule has 7 nitrogen and oxygen atoms in total. The van der Waals surface area contributed by atoms with Gasteiger partial charge in [-0.15, -0.1) is 6.58 Å². The second-order valence-corrected chi connectivity index (χ2v) is 6.54. The van der Waals surface area contributed by atoms with Gasteiger partial charge in [-0.25, -0.2) is 4.79 Å². The topological polar surface area (TPSA) is 96.9 Å². The van der Waals surface area contributed by atoms with E-state index in [9.17, 15) is 9.59 Å². The molecule has 0 aliphatic carbocycles. The van der Waals surface area contributed by atoms with E-state index in [2.05, 4.69) is 39.7 Å². The molecule has 0 heterocycles. The van der Waals surface area contributed by atoms with E-state index in [0.717, 1.165) is 5.56 Å². The largest absolute Gasteiger partial charge is 0.497 e. The standard InChI is InChI=1S/C18H23BrN2O5/c1-5-6-14(21-18(23)24)17(22)20-15(9-11(2)19)13-8-7-12(25-3)10-16(13)26-4/h5,7-8,10,14-15,21H,1-2,6,9H2,3-4H3,(H,20,22)(H,23,24)/t14-,15?/m1/s1. The number of carbonyl (C=O) groups is 2. The summed E-state index contributed by atoms with van der Waals surface area (Å²) in [5.41, 5.74) is 0.718. The number of carbonyl (C=O) groups excluding carboxylic acids is 1. The molecule has 8 heteroatoms. The van der Waals surface area contributed by atoms with Crippen molar-refractivity contribution in [1.29, 1.82) is 0 Å². The Hall–Kier alpha value is -2.48. The normalized spacial score (nSPS) is 12.4. The van der Waals surface area contributed by atoms with Gasteiger partial charge in [0.05, 0.1) is 20.3 Å². The van der Waals surface area contributed by atoms with Crippen LogP contribution in [-0.4, -0.2) is 37.4 Å². The number of benzene rings is 1. The zero-order chi connectivity index (χ0) is 19.7. The summed E-state index contributed by atoms with van der Waals surface area (Å²) in [5.74, 6) is 0.684. The Morgan fingerprint density at radius 2 is 2.00 bits per heavy atom. The highest BCUT2D eigenvalue weighted by Crippen LogP contribution is 2.33. The van der Waals surface area contributed by atoms with Gasteiger partial charge in [0.1, 0.15) is 17.5 Å². The lowest BCUT2D eigenvalue weighted by Gasteiger charge is -2.24. The highest BCUT2D eigenvalue weighted by molar-refractivity contribution is 9.11. The number of rotatable bonds is 10. The maximum absolute atomic E-state index is 12.6. The Morgan fingerprint density at radius 1 is 1.31 bits per heavy atom. The summed E-state index contributed by atoms with van der Waals surface area (Å²) in [4.78, 5) is 23.5. The van der Waals surface area contributed by atoms with Crippen molar-refractivity contribution >= 4 is 27.9 Å². The fourth-order valence-electron chi connectivity index (χ4n) is 2.39. The number of ether oxygens (including phenoxy) is 2. The predicted molar refractivity (Wildman–Crippen MR) is 103 cm³/mol. The molecule has 1 rings (SSSR count). The smallest absolute Gasteiger partial charge is 0.405 e. The van der Waals surface area contributed by atoms with E-state index in [1.807, 2.05) is 0 Å². The van der Waals surface area contributed by atoms with Crippen molar-refractivity contribution in [3.8, 4) is 11.5 Å². The minimum Gasteiger partial charge on any atom is -0.497 e. The number of nitrogens with one attached hydrogen (secondary N) is 2. The molecule has 0 saturated carbocycles. The Morgan fingerprint density at radius 3 is 2.50 bits per heavy atom. The first-order valence-electron chi connectivity index (χ1n) is 7.78. The van der Waals surface area contributed by atoms with E-state index >= 15 is 0 Å². The van der Waals surface area contributed by atoms with Gasteiger partial charge < -0.3 is 25.2 Å². The van der Waals surface area contributed by atoms with Crippen molar-refractivity contribution < 1.29 is 24.2 Å². The summed E-state index contributed by atoms with van der Waals surface area (Å²) in [7, 11) is 3.07. The third kappa shape index (κ3) is 6.44. The Balaban J connectivity index is 3.13. The van der Waals surface area contributed by atoms with Crippen LogP contribution in [0.2, 0.25) is 0 Å². The van der Waals surface area contributed by atoms with Gasteiger partial charge in [0.15, 0.2) is 0 Å². The molecule has 0 spiro atoms. The Labute approximate surface area is 161 Å². The summed E-state index contributed by atoms with van der Waals surface area (Å²) in [6.07, 6.45) is 0.754. The van der Waals surface area contributed by atoms with Crippen LogP contribution in [0.4, 0.5) is 4.79 Å². The first-order valence-corrected chi connectivity index (χ1v) is 8.57. The van der Waals surface area contributed by atoms with Crippen LogP contribution in [0.5, 0.6) is 11.5 Å². The highest BCUT2D eigenvalue weighted by atomic mass is 79.9. The average molecular weight is 427 g/mol. The van der Waals surface area contributed by atoms with Crippen molar-refractivity contribution in [3.63, 3.8) is 0 Å². The molecule has 0 fully saturated rings. The molecule has 0 aliphatic heterocycles. The van der Waals surface area contributed by atoms with Crippen LogP contribution in [0.1, 0.15) is 24.4 Å². The molecule has 1 aromatic rings. The number of hydrogen-bond acceptors (Lipinski definition) is 4. The van der Waals surface area contributed by atoms with E-state index in [-0.39, 0.29) is 6.42 Å². The molecule has 26 heavy (non-hydrogen) atoms. The van der Waals surface area contributed by atoms with Gasteiger partial charge in [-0.2, -0.15) is 0 Å². The average Bonchev–Trinajstić information content (AvgIpc) is 2.59. The van der Waals surface area contributed by atoms with E-state index in [4.69, 9.17) is 14.6 Å². The molecule has 3 N–H and O–H groups in total. The van der Waals surface area contributed by atoms with Gasteiger partial charge in [0, 0.05) is 18.1 Å². The van der Waals surface area contributed by atoms with Gasteiger partial charge in [-0.1, -0.05) is 28.6 Å². The van der Waals surface area contributed by atoms with Crippen LogP contribution in [0, 0.1) is 0 Å². The molecule has 0 saturated heterocycles. The van der Waals surface area contributed by atoms with Crippen molar-refractivity contribution in [2.75, 3.05) is 14.2 Å². The van der Waals surface area contributed by atoms with Crippen LogP contribution >= 0.6 is 15.9 Å². The second-order valence-electron chi connectivity index (χ2n) is 5.42. The SMILES string of the molecule is C=CC[C@@H](NC(=O)O)C(=O)NC(CC(=C)Br)c1ccc(OC)cc1OC. The molecule has 0 bridgehead atoms. The molecular weight excluding hydrogens is 404 g/mol. The summed E-state index contributed by atoms with van der Waals surface area (Å²) < 4.78 is 11.3. The molecule has 142 valence electrons. The lowest BCUT2D eigenvalue weighted by atomic mass is 10.0. The highest BCUT2D eigenvalue weighted by Gasteiger charge is 2.25. The molecule has 1 unspecified atom stereocenters. The summed E-state index contributed by atoms with van der Waals surface area (Å²) in [6.45, 7) is 7.37. The molecule has 2 atom stereocenters. The van der Waals surface area contributed by atoms with Crippen LogP contribution < -0.4 is 20.1 Å². The zero-order valence-corrected chi connectivity index (χ0v) is 16.3. The zero-order valence-electron chi connectivity index (χ0n) is 14.8. The first kappa shape index (κ1) is 21.6. The van der Waals surface area contributed by atoms with Crippen molar-refractivity contribution in [3.05, 3.63) is 47.5 Å². The number of amides is 2. The molecule has 0 aromatic heterocycles. The number of halogens is 1. The minimum absolute atomic E-state index is 0.167. The Kier molecular flexibility index (Phi) is 8.71. The molecule has 0 radical (unpaired) electrons. The van der Waals surface area contributed by atoms with Crippen LogP contribution in [0.3, 0.4) is 0 Å². The molecule has 2 amide bonds. The summed E-state index contributed by atoms with van der Waals surface area (Å²) in [6, 6.07) is 3.83. The lowest BCUT2D eigenvalue weighted by molar-refractivity contribution is -0.123. The van der Waals surface area contributed by atoms with Crippen molar-refractivity contribution in [2.45, 2.75) is 24.9 Å². The van der Waals surface area contributed by atoms with Crippen LogP contribution in [-0.2, 0) is 4.79 Å². The lowest BCUT2D eigenvalue weighted by Crippen LogP contribution is -2.47. The quantitative estimate of drug-likeness (QED) is 0.498. The second kappa shape index (κ2) is 10.5. The van der Waals surface area contributed by atoms with Gasteiger partial charge in [-0.3, -0.25) is 4.79 Å².